The summed E-state index contributed by atoms with van der Waals surface area (Å²) in [6.45, 7) is 2.59. The average Bonchev–Trinajstić information content (AvgIpc) is 3.07. The predicted octanol–water partition coefficient (Wildman–Crippen LogP) is 3.89. The Morgan fingerprint density at radius 3 is 2.42 bits per heavy atom. The maximum absolute atomic E-state index is 12.7. The molecule has 3 rings (SSSR count). The topological polar surface area (TPSA) is 49.4 Å². The maximum Gasteiger partial charge on any atom is 0.254 e. The number of nitrogens with one attached hydrogen (secondary N) is 1. The molecule has 2 aromatic rings. The standard InChI is InChI=1S/C19H19ClN2O2/c1-13-4-10-16(11-5-13)21-18(23)17-3-2-12-22(17)19(24)14-6-8-15(20)9-7-14/h4-11,17H,2-3,12H2,1H3,(H,21,23). The number of halogens is 1. The summed E-state index contributed by atoms with van der Waals surface area (Å²) in [4.78, 5) is 26.9. The van der Waals surface area contributed by atoms with E-state index in [4.69, 9.17) is 11.6 Å². The molecule has 1 heterocycles. The first-order valence-electron chi connectivity index (χ1n) is 7.98. The molecule has 1 atom stereocenters. The van der Waals surface area contributed by atoms with E-state index in [-0.39, 0.29) is 11.8 Å². The first-order chi connectivity index (χ1) is 11.5. The fourth-order valence-corrected chi connectivity index (χ4v) is 3.03. The summed E-state index contributed by atoms with van der Waals surface area (Å²) in [7, 11) is 0. The van der Waals surface area contributed by atoms with Gasteiger partial charge >= 0.3 is 0 Å². The molecule has 2 amide bonds. The summed E-state index contributed by atoms with van der Waals surface area (Å²) >= 11 is 5.87. The smallest absolute Gasteiger partial charge is 0.254 e. The summed E-state index contributed by atoms with van der Waals surface area (Å²) in [5, 5.41) is 3.49. The van der Waals surface area contributed by atoms with Gasteiger partial charge in [0.1, 0.15) is 6.04 Å². The fourth-order valence-electron chi connectivity index (χ4n) is 2.90. The molecule has 0 aromatic heterocycles. The lowest BCUT2D eigenvalue weighted by Gasteiger charge is -2.24. The highest BCUT2D eigenvalue weighted by atomic mass is 35.5. The Hall–Kier alpha value is -2.33. The van der Waals surface area contributed by atoms with Crippen molar-refractivity contribution < 1.29 is 9.59 Å². The van der Waals surface area contributed by atoms with Crippen molar-refractivity contribution in [3.05, 3.63) is 64.7 Å². The van der Waals surface area contributed by atoms with E-state index in [1.54, 1.807) is 29.2 Å². The van der Waals surface area contributed by atoms with Crippen LogP contribution in [-0.2, 0) is 4.79 Å². The second kappa shape index (κ2) is 7.05. The van der Waals surface area contributed by atoms with Crippen LogP contribution in [0.3, 0.4) is 0 Å². The number of aryl methyl sites for hydroxylation is 1. The van der Waals surface area contributed by atoms with Crippen molar-refractivity contribution in [1.82, 2.24) is 4.90 Å². The molecule has 1 N–H and O–H groups in total. The van der Waals surface area contributed by atoms with Crippen LogP contribution in [0.25, 0.3) is 0 Å². The summed E-state index contributed by atoms with van der Waals surface area (Å²) in [5.41, 5.74) is 2.43. The third-order valence-corrected chi connectivity index (χ3v) is 4.48. The Labute approximate surface area is 146 Å². The van der Waals surface area contributed by atoms with Crippen LogP contribution in [0.1, 0.15) is 28.8 Å². The first-order valence-corrected chi connectivity index (χ1v) is 8.36. The van der Waals surface area contributed by atoms with Gasteiger partial charge < -0.3 is 10.2 Å². The van der Waals surface area contributed by atoms with Crippen LogP contribution >= 0.6 is 11.6 Å². The lowest BCUT2D eigenvalue weighted by molar-refractivity contribution is -0.119. The molecular formula is C19H19ClN2O2. The van der Waals surface area contributed by atoms with Crippen LogP contribution in [0.4, 0.5) is 5.69 Å². The number of hydrogen-bond acceptors (Lipinski definition) is 2. The third kappa shape index (κ3) is 3.60. The highest BCUT2D eigenvalue weighted by Gasteiger charge is 2.34. The number of rotatable bonds is 3. The zero-order valence-electron chi connectivity index (χ0n) is 13.5. The molecular weight excluding hydrogens is 324 g/mol. The highest BCUT2D eigenvalue weighted by molar-refractivity contribution is 6.30. The largest absolute Gasteiger partial charge is 0.327 e. The molecule has 1 aliphatic rings. The van der Waals surface area contributed by atoms with Crippen LogP contribution < -0.4 is 5.32 Å². The van der Waals surface area contributed by atoms with E-state index in [0.717, 1.165) is 17.7 Å². The van der Waals surface area contributed by atoms with E-state index in [0.29, 0.717) is 23.6 Å². The van der Waals surface area contributed by atoms with Crippen molar-refractivity contribution >= 4 is 29.1 Å². The molecule has 1 aliphatic heterocycles. The lowest BCUT2D eigenvalue weighted by Crippen LogP contribution is -2.43. The number of likely N-dealkylation sites (tertiary alicyclic amines) is 1. The van der Waals surface area contributed by atoms with Crippen molar-refractivity contribution in [2.75, 3.05) is 11.9 Å². The van der Waals surface area contributed by atoms with Gasteiger partial charge in [-0.25, -0.2) is 0 Å². The minimum absolute atomic E-state index is 0.131. The molecule has 1 saturated heterocycles. The number of amides is 2. The van der Waals surface area contributed by atoms with Crippen LogP contribution in [0.2, 0.25) is 5.02 Å². The minimum atomic E-state index is -0.436. The molecule has 0 radical (unpaired) electrons. The fraction of sp³-hybridized carbons (Fsp3) is 0.263. The molecule has 1 unspecified atom stereocenters. The Bertz CT molecular complexity index is 741. The summed E-state index contributed by atoms with van der Waals surface area (Å²) in [5.74, 6) is -0.271. The van der Waals surface area contributed by atoms with Crippen LogP contribution in [0.15, 0.2) is 48.5 Å². The number of benzene rings is 2. The Morgan fingerprint density at radius 1 is 1.08 bits per heavy atom. The van der Waals surface area contributed by atoms with Crippen LogP contribution in [-0.4, -0.2) is 29.3 Å². The van der Waals surface area contributed by atoms with Gasteiger partial charge in [-0.05, 0) is 56.2 Å². The number of carbonyl (C=O) groups is 2. The van der Waals surface area contributed by atoms with Crippen molar-refractivity contribution in [3.63, 3.8) is 0 Å². The molecule has 1 fully saturated rings. The molecule has 0 saturated carbocycles. The number of hydrogen-bond donors (Lipinski definition) is 1. The first kappa shape index (κ1) is 16.5. The van der Waals surface area contributed by atoms with Gasteiger partial charge in [-0.15, -0.1) is 0 Å². The van der Waals surface area contributed by atoms with Gasteiger partial charge in [-0.1, -0.05) is 29.3 Å². The minimum Gasteiger partial charge on any atom is -0.327 e. The number of anilines is 1. The van der Waals surface area contributed by atoms with Crippen molar-refractivity contribution in [2.24, 2.45) is 0 Å². The molecule has 0 bridgehead atoms. The Kier molecular flexibility index (Phi) is 4.86. The molecule has 0 spiro atoms. The summed E-state index contributed by atoms with van der Waals surface area (Å²) < 4.78 is 0. The SMILES string of the molecule is Cc1ccc(NC(=O)C2CCCN2C(=O)c2ccc(Cl)cc2)cc1. The molecule has 2 aromatic carbocycles. The Morgan fingerprint density at radius 2 is 1.75 bits per heavy atom. The van der Waals surface area contributed by atoms with Crippen molar-refractivity contribution in [1.29, 1.82) is 0 Å². The van der Waals surface area contributed by atoms with Gasteiger partial charge in [0, 0.05) is 22.8 Å². The monoisotopic (exact) mass is 342 g/mol. The van der Waals surface area contributed by atoms with E-state index in [1.165, 1.54) is 0 Å². The quantitative estimate of drug-likeness (QED) is 0.919. The lowest BCUT2D eigenvalue weighted by atomic mass is 10.1. The number of carbonyl (C=O) groups excluding carboxylic acids is 2. The van der Waals surface area contributed by atoms with E-state index in [1.807, 2.05) is 31.2 Å². The molecule has 124 valence electrons. The highest BCUT2D eigenvalue weighted by Crippen LogP contribution is 2.22. The predicted molar refractivity (Wildman–Crippen MR) is 95.3 cm³/mol. The molecule has 4 nitrogen and oxygen atoms in total. The average molecular weight is 343 g/mol. The maximum atomic E-state index is 12.7. The summed E-state index contributed by atoms with van der Waals surface area (Å²) in [6.07, 6.45) is 1.50. The van der Waals surface area contributed by atoms with Crippen molar-refractivity contribution in [3.8, 4) is 0 Å². The Balaban J connectivity index is 1.72. The number of nitrogens with zero attached hydrogens (tertiary/aromatic N) is 1. The molecule has 24 heavy (non-hydrogen) atoms. The van der Waals surface area contributed by atoms with Crippen LogP contribution in [0.5, 0.6) is 0 Å². The second-order valence-corrected chi connectivity index (χ2v) is 6.46. The third-order valence-electron chi connectivity index (χ3n) is 4.23. The van der Waals surface area contributed by atoms with Gasteiger partial charge in [0.15, 0.2) is 0 Å². The summed E-state index contributed by atoms with van der Waals surface area (Å²) in [6, 6.07) is 14.0. The van der Waals surface area contributed by atoms with Gasteiger partial charge in [-0.3, -0.25) is 9.59 Å². The zero-order valence-corrected chi connectivity index (χ0v) is 14.2. The zero-order chi connectivity index (χ0) is 17.1. The van der Waals surface area contributed by atoms with Gasteiger partial charge in [0.2, 0.25) is 5.91 Å². The molecule has 0 aliphatic carbocycles. The van der Waals surface area contributed by atoms with E-state index >= 15 is 0 Å². The van der Waals surface area contributed by atoms with Gasteiger partial charge in [-0.2, -0.15) is 0 Å². The molecule has 5 heteroatoms. The van der Waals surface area contributed by atoms with Gasteiger partial charge in [0.25, 0.3) is 5.91 Å². The second-order valence-electron chi connectivity index (χ2n) is 6.02. The van der Waals surface area contributed by atoms with Crippen molar-refractivity contribution in [2.45, 2.75) is 25.8 Å². The van der Waals surface area contributed by atoms with Crippen LogP contribution in [0, 0.1) is 6.92 Å². The normalized spacial score (nSPS) is 16.9. The van der Waals surface area contributed by atoms with Gasteiger partial charge in [0.05, 0.1) is 0 Å². The van der Waals surface area contributed by atoms with E-state index < -0.39 is 6.04 Å². The van der Waals surface area contributed by atoms with E-state index in [2.05, 4.69) is 5.32 Å². The van der Waals surface area contributed by atoms with E-state index in [9.17, 15) is 9.59 Å².